The maximum atomic E-state index is 6.00. The van der Waals surface area contributed by atoms with E-state index in [2.05, 4.69) is 41.3 Å². The minimum absolute atomic E-state index is 0.242. The summed E-state index contributed by atoms with van der Waals surface area (Å²) in [6.07, 6.45) is 1.65. The monoisotopic (exact) mass is 316 g/mol. The Kier molecular flexibility index (Phi) is 4.75. The Bertz CT molecular complexity index is 630. The summed E-state index contributed by atoms with van der Waals surface area (Å²) < 4.78 is 11.0. The molecule has 0 unspecified atom stereocenters. The summed E-state index contributed by atoms with van der Waals surface area (Å²) in [5, 5.41) is 4.15. The van der Waals surface area contributed by atoms with Gasteiger partial charge in [-0.25, -0.2) is 0 Å². The van der Waals surface area contributed by atoms with Gasteiger partial charge in [-0.15, -0.1) is 0 Å². The Hall–Kier alpha value is -1.76. The third-order valence-corrected chi connectivity index (χ3v) is 4.43. The van der Waals surface area contributed by atoms with Gasteiger partial charge in [0.1, 0.15) is 0 Å². The van der Waals surface area contributed by atoms with Gasteiger partial charge in [0.15, 0.2) is 0 Å². The van der Waals surface area contributed by atoms with Gasteiger partial charge in [-0.1, -0.05) is 29.4 Å². The van der Waals surface area contributed by atoms with Crippen LogP contribution in [0.15, 0.2) is 28.8 Å². The second-order valence-electron chi connectivity index (χ2n) is 6.45. The number of hydrogen-bond acceptors (Lipinski definition) is 6. The summed E-state index contributed by atoms with van der Waals surface area (Å²) >= 11 is 0. The molecule has 1 fully saturated rings. The van der Waals surface area contributed by atoms with Gasteiger partial charge in [-0.05, 0) is 32.5 Å². The molecular weight excluding hydrogens is 292 g/mol. The predicted octanol–water partition coefficient (Wildman–Crippen LogP) is 1.81. The van der Waals surface area contributed by atoms with E-state index in [9.17, 15) is 0 Å². The van der Waals surface area contributed by atoms with E-state index in [4.69, 9.17) is 15.0 Å². The summed E-state index contributed by atoms with van der Waals surface area (Å²) in [7, 11) is 4.11. The summed E-state index contributed by atoms with van der Waals surface area (Å²) in [6.45, 7) is 2.79. The Labute approximate surface area is 136 Å². The smallest absolute Gasteiger partial charge is 0.234 e. The van der Waals surface area contributed by atoms with Crippen molar-refractivity contribution in [3.63, 3.8) is 0 Å². The zero-order valence-electron chi connectivity index (χ0n) is 13.8. The number of aromatic nitrogens is 2. The van der Waals surface area contributed by atoms with Gasteiger partial charge < -0.3 is 19.9 Å². The maximum Gasteiger partial charge on any atom is 0.234 e. The molecule has 0 radical (unpaired) electrons. The van der Waals surface area contributed by atoms with Gasteiger partial charge in [-0.2, -0.15) is 4.98 Å². The van der Waals surface area contributed by atoms with Crippen LogP contribution in [-0.2, 0) is 16.7 Å². The zero-order chi connectivity index (χ0) is 16.3. The van der Waals surface area contributed by atoms with Crippen molar-refractivity contribution in [2.45, 2.75) is 24.8 Å². The number of nitrogens with zero attached hydrogens (tertiary/aromatic N) is 3. The largest absolute Gasteiger partial charge is 0.381 e. The molecule has 6 nitrogen and oxygen atoms in total. The van der Waals surface area contributed by atoms with Crippen LogP contribution in [0.1, 0.15) is 24.3 Å². The summed E-state index contributed by atoms with van der Waals surface area (Å²) in [6, 6.07) is 8.26. The molecule has 3 rings (SSSR count). The predicted molar refractivity (Wildman–Crippen MR) is 87.9 cm³/mol. The van der Waals surface area contributed by atoms with Crippen molar-refractivity contribution in [2.24, 2.45) is 5.73 Å². The fraction of sp³-hybridized carbons (Fsp3) is 0.529. The van der Waals surface area contributed by atoms with Crippen LogP contribution in [0.3, 0.4) is 0 Å². The number of benzene rings is 1. The second kappa shape index (κ2) is 6.78. The first kappa shape index (κ1) is 16.1. The maximum absolute atomic E-state index is 6.00. The van der Waals surface area contributed by atoms with Gasteiger partial charge in [-0.3, -0.25) is 0 Å². The number of rotatable bonds is 5. The molecule has 2 heterocycles. The summed E-state index contributed by atoms with van der Waals surface area (Å²) in [4.78, 5) is 6.75. The summed E-state index contributed by atoms with van der Waals surface area (Å²) in [5.74, 6) is 1.26. The highest BCUT2D eigenvalue weighted by Crippen LogP contribution is 2.33. The first-order valence-electron chi connectivity index (χ1n) is 7.99. The molecule has 0 aliphatic carbocycles. The molecule has 0 spiro atoms. The van der Waals surface area contributed by atoms with E-state index in [1.807, 2.05) is 12.1 Å². The molecule has 0 saturated carbocycles. The van der Waals surface area contributed by atoms with E-state index >= 15 is 0 Å². The first-order valence-corrected chi connectivity index (χ1v) is 7.99. The van der Waals surface area contributed by atoms with Crippen LogP contribution in [0.5, 0.6) is 0 Å². The average Bonchev–Trinajstić information content (AvgIpc) is 3.06. The second-order valence-corrected chi connectivity index (χ2v) is 6.45. The molecule has 1 aliphatic rings. The lowest BCUT2D eigenvalue weighted by Gasteiger charge is -2.32. The van der Waals surface area contributed by atoms with E-state index in [1.165, 1.54) is 5.56 Å². The van der Waals surface area contributed by atoms with Crippen LogP contribution in [0.25, 0.3) is 11.4 Å². The van der Waals surface area contributed by atoms with Gasteiger partial charge in [0, 0.05) is 31.9 Å². The Balaban J connectivity index is 1.81. The van der Waals surface area contributed by atoms with Crippen LogP contribution < -0.4 is 5.73 Å². The standard InChI is InChI=1S/C17H24N4O2/c1-21(2)11-13-3-5-14(6-4-13)15-19-16(23-20-15)17(12-18)7-9-22-10-8-17/h3-6H,7-12,18H2,1-2H3. The number of hydrogen-bond donors (Lipinski definition) is 1. The first-order chi connectivity index (χ1) is 11.1. The third-order valence-electron chi connectivity index (χ3n) is 4.43. The third kappa shape index (κ3) is 3.44. The van der Waals surface area contributed by atoms with Gasteiger partial charge >= 0.3 is 0 Å². The zero-order valence-corrected chi connectivity index (χ0v) is 13.8. The van der Waals surface area contributed by atoms with E-state index in [0.29, 0.717) is 31.5 Å². The molecule has 6 heteroatoms. The normalized spacial score (nSPS) is 17.6. The van der Waals surface area contributed by atoms with Crippen molar-refractivity contribution in [2.75, 3.05) is 33.9 Å². The highest BCUT2D eigenvalue weighted by molar-refractivity contribution is 5.54. The van der Waals surface area contributed by atoms with E-state index < -0.39 is 0 Å². The highest BCUT2D eigenvalue weighted by atomic mass is 16.5. The van der Waals surface area contributed by atoms with E-state index in [1.54, 1.807) is 0 Å². The molecule has 1 aromatic carbocycles. The van der Waals surface area contributed by atoms with Crippen LogP contribution in [0.2, 0.25) is 0 Å². The SMILES string of the molecule is CN(C)Cc1ccc(-c2noc(C3(CN)CCOCC3)n2)cc1. The topological polar surface area (TPSA) is 77.4 Å². The molecule has 1 aliphatic heterocycles. The average molecular weight is 316 g/mol. The fourth-order valence-corrected chi connectivity index (χ4v) is 2.95. The lowest BCUT2D eigenvalue weighted by Crippen LogP contribution is -2.40. The van der Waals surface area contributed by atoms with Crippen LogP contribution in [0, 0.1) is 0 Å². The lowest BCUT2D eigenvalue weighted by molar-refractivity contribution is 0.0409. The molecule has 2 N–H and O–H groups in total. The van der Waals surface area contributed by atoms with Crippen molar-refractivity contribution >= 4 is 0 Å². The van der Waals surface area contributed by atoms with Crippen LogP contribution in [0.4, 0.5) is 0 Å². The van der Waals surface area contributed by atoms with Crippen LogP contribution >= 0.6 is 0 Å². The van der Waals surface area contributed by atoms with E-state index in [-0.39, 0.29) is 5.41 Å². The van der Waals surface area contributed by atoms with E-state index in [0.717, 1.165) is 24.9 Å². The molecule has 1 saturated heterocycles. The quantitative estimate of drug-likeness (QED) is 0.906. The molecule has 0 amide bonds. The number of nitrogens with two attached hydrogens (primary N) is 1. The Morgan fingerprint density at radius 3 is 2.48 bits per heavy atom. The van der Waals surface area contributed by atoms with Crippen molar-refractivity contribution in [3.8, 4) is 11.4 Å². The van der Waals surface area contributed by atoms with Gasteiger partial charge in [0.2, 0.25) is 11.7 Å². The Morgan fingerprint density at radius 2 is 1.87 bits per heavy atom. The van der Waals surface area contributed by atoms with Crippen molar-refractivity contribution in [1.29, 1.82) is 0 Å². The fourth-order valence-electron chi connectivity index (χ4n) is 2.95. The molecule has 23 heavy (non-hydrogen) atoms. The molecule has 1 aromatic heterocycles. The lowest BCUT2D eigenvalue weighted by atomic mass is 9.80. The number of ether oxygens (including phenoxy) is 1. The molecule has 124 valence electrons. The summed E-state index contributed by atoms with van der Waals surface area (Å²) in [5.41, 5.74) is 7.97. The minimum Gasteiger partial charge on any atom is -0.381 e. The van der Waals surface area contributed by atoms with Crippen LogP contribution in [-0.4, -0.2) is 48.9 Å². The molecular formula is C17H24N4O2. The van der Waals surface area contributed by atoms with Crippen molar-refractivity contribution in [1.82, 2.24) is 15.0 Å². The van der Waals surface area contributed by atoms with Gasteiger partial charge in [0.25, 0.3) is 0 Å². The molecule has 0 atom stereocenters. The Morgan fingerprint density at radius 1 is 1.17 bits per heavy atom. The van der Waals surface area contributed by atoms with Crippen molar-refractivity contribution < 1.29 is 9.26 Å². The minimum atomic E-state index is -0.242. The highest BCUT2D eigenvalue weighted by Gasteiger charge is 2.38. The van der Waals surface area contributed by atoms with Gasteiger partial charge in [0.05, 0.1) is 5.41 Å². The molecule has 0 bridgehead atoms. The molecule has 2 aromatic rings. The van der Waals surface area contributed by atoms with Crippen molar-refractivity contribution in [3.05, 3.63) is 35.7 Å².